The Balaban J connectivity index is 2.17. The molecule has 0 spiro atoms. The van der Waals surface area contributed by atoms with E-state index in [-0.39, 0.29) is 18.9 Å². The summed E-state index contributed by atoms with van der Waals surface area (Å²) < 4.78 is 9.76. The molecule has 2 heterocycles. The van der Waals surface area contributed by atoms with E-state index >= 15 is 0 Å². The van der Waals surface area contributed by atoms with Gasteiger partial charge in [0.05, 0.1) is 17.2 Å². The Morgan fingerprint density at radius 3 is 2.89 bits per heavy atom. The number of ether oxygens (including phenoxy) is 1. The molecule has 2 aromatic rings. The molecular weight excluding hydrogens is 382 g/mol. The number of non-ortho nitro benzene ring substituents is 1. The maximum absolute atomic E-state index is 12.8. The molecule has 0 amide bonds. The quantitative estimate of drug-likeness (QED) is 0.430. The SMILES string of the molecule is CCOC(=O)C1C(C)=Nc2snc(CCCO)c2C1c1cccc([N+](=O)[O-])c1. The molecule has 9 heteroatoms. The first kappa shape index (κ1) is 20.1. The first-order chi connectivity index (χ1) is 13.5. The Morgan fingerprint density at radius 1 is 1.43 bits per heavy atom. The minimum absolute atomic E-state index is 0.0252. The summed E-state index contributed by atoms with van der Waals surface area (Å²) in [6, 6.07) is 6.31. The standard InChI is InChI=1S/C19H21N3O5S/c1-3-27-19(24)15-11(2)20-18-17(14(21-28-18)8-5-9-23)16(15)12-6-4-7-13(10-12)22(25)26/h4,6-7,10,15-16,23H,3,5,8-9H2,1-2H3. The van der Waals surface area contributed by atoms with Crippen LogP contribution in [0.25, 0.3) is 0 Å². The smallest absolute Gasteiger partial charge is 0.315 e. The molecule has 0 radical (unpaired) electrons. The lowest BCUT2D eigenvalue weighted by Gasteiger charge is -2.29. The van der Waals surface area contributed by atoms with Gasteiger partial charge in [-0.3, -0.25) is 14.9 Å². The maximum Gasteiger partial charge on any atom is 0.315 e. The molecule has 0 saturated heterocycles. The Labute approximate surface area is 166 Å². The highest BCUT2D eigenvalue weighted by Gasteiger charge is 2.41. The lowest BCUT2D eigenvalue weighted by Crippen LogP contribution is -2.33. The van der Waals surface area contributed by atoms with Gasteiger partial charge in [-0.1, -0.05) is 12.1 Å². The molecule has 0 saturated carbocycles. The van der Waals surface area contributed by atoms with Crippen molar-refractivity contribution in [3.63, 3.8) is 0 Å². The van der Waals surface area contributed by atoms with Gasteiger partial charge >= 0.3 is 5.97 Å². The van der Waals surface area contributed by atoms with Crippen LogP contribution in [0.1, 0.15) is 43.0 Å². The molecule has 3 rings (SSSR count). The molecule has 0 bridgehead atoms. The number of nitro benzene ring substituents is 1. The number of rotatable bonds is 7. The fourth-order valence-corrected chi connectivity index (χ4v) is 4.42. The third kappa shape index (κ3) is 3.81. The van der Waals surface area contributed by atoms with Crippen molar-refractivity contribution >= 4 is 33.9 Å². The molecule has 1 aliphatic heterocycles. The van der Waals surface area contributed by atoms with Gasteiger partial charge in [0, 0.05) is 35.9 Å². The van der Waals surface area contributed by atoms with E-state index in [0.29, 0.717) is 29.1 Å². The van der Waals surface area contributed by atoms with Crippen LogP contribution in [0.5, 0.6) is 0 Å². The van der Waals surface area contributed by atoms with Crippen LogP contribution < -0.4 is 0 Å². The summed E-state index contributed by atoms with van der Waals surface area (Å²) in [6.45, 7) is 3.76. The van der Waals surface area contributed by atoms with Crippen LogP contribution in [-0.2, 0) is 16.0 Å². The first-order valence-electron chi connectivity index (χ1n) is 9.03. The molecule has 8 nitrogen and oxygen atoms in total. The van der Waals surface area contributed by atoms with Gasteiger partial charge in [-0.2, -0.15) is 4.37 Å². The van der Waals surface area contributed by atoms with Crippen LogP contribution in [0.2, 0.25) is 0 Å². The van der Waals surface area contributed by atoms with E-state index in [2.05, 4.69) is 9.37 Å². The maximum atomic E-state index is 12.8. The molecule has 0 aliphatic carbocycles. The zero-order chi connectivity index (χ0) is 20.3. The van der Waals surface area contributed by atoms with Crippen molar-refractivity contribution in [3.05, 3.63) is 51.2 Å². The highest BCUT2D eigenvalue weighted by atomic mass is 32.1. The number of nitrogens with zero attached hydrogens (tertiary/aromatic N) is 3. The summed E-state index contributed by atoms with van der Waals surface area (Å²) in [6.07, 6.45) is 1.07. The van der Waals surface area contributed by atoms with Gasteiger partial charge in [0.25, 0.3) is 5.69 Å². The van der Waals surface area contributed by atoms with E-state index in [1.54, 1.807) is 26.0 Å². The van der Waals surface area contributed by atoms with Crippen molar-refractivity contribution in [1.29, 1.82) is 0 Å². The number of aliphatic imine (C=N–C) groups is 1. The van der Waals surface area contributed by atoms with Crippen molar-refractivity contribution in [2.45, 2.75) is 32.6 Å². The number of esters is 1. The number of nitro groups is 1. The zero-order valence-electron chi connectivity index (χ0n) is 15.6. The van der Waals surface area contributed by atoms with Crippen molar-refractivity contribution in [2.24, 2.45) is 10.9 Å². The Kier molecular flexibility index (Phi) is 6.15. The molecule has 1 aliphatic rings. The number of fused-ring (bicyclic) bond motifs is 1. The van der Waals surface area contributed by atoms with Crippen LogP contribution in [-0.4, -0.2) is 39.3 Å². The summed E-state index contributed by atoms with van der Waals surface area (Å²) in [4.78, 5) is 28.2. The number of carbonyl (C=O) groups is 1. The fourth-order valence-electron chi connectivity index (χ4n) is 3.51. The van der Waals surface area contributed by atoms with Gasteiger partial charge in [-0.15, -0.1) is 0 Å². The number of aryl methyl sites for hydroxylation is 1. The number of hydrogen-bond acceptors (Lipinski definition) is 8. The average molecular weight is 403 g/mol. The minimum atomic E-state index is -0.682. The van der Waals surface area contributed by atoms with Gasteiger partial charge in [-0.05, 0) is 43.8 Å². The molecule has 148 valence electrons. The highest BCUT2D eigenvalue weighted by molar-refractivity contribution is 7.10. The molecule has 0 fully saturated rings. The minimum Gasteiger partial charge on any atom is -0.465 e. The summed E-state index contributed by atoms with van der Waals surface area (Å²) in [5, 5.41) is 21.2. The van der Waals surface area contributed by atoms with Crippen molar-refractivity contribution in [3.8, 4) is 0 Å². The van der Waals surface area contributed by atoms with Crippen LogP contribution in [0.15, 0.2) is 29.3 Å². The monoisotopic (exact) mass is 403 g/mol. The van der Waals surface area contributed by atoms with Crippen LogP contribution in [0.4, 0.5) is 10.7 Å². The van der Waals surface area contributed by atoms with Gasteiger partial charge < -0.3 is 9.84 Å². The number of carbonyl (C=O) groups excluding carboxylic acids is 1. The molecule has 1 N–H and O–H groups in total. The second-order valence-electron chi connectivity index (χ2n) is 6.49. The molecular formula is C19H21N3O5S. The van der Waals surface area contributed by atoms with Crippen LogP contribution in [0, 0.1) is 16.0 Å². The lowest BCUT2D eigenvalue weighted by molar-refractivity contribution is -0.384. The average Bonchev–Trinajstić information content (AvgIpc) is 3.07. The Morgan fingerprint density at radius 2 is 2.21 bits per heavy atom. The summed E-state index contributed by atoms with van der Waals surface area (Å²) in [5.74, 6) is -1.57. The molecule has 28 heavy (non-hydrogen) atoms. The van der Waals surface area contributed by atoms with E-state index in [9.17, 15) is 20.0 Å². The second kappa shape index (κ2) is 8.57. The third-order valence-corrected chi connectivity index (χ3v) is 5.50. The van der Waals surface area contributed by atoms with Crippen molar-refractivity contribution < 1.29 is 19.6 Å². The van der Waals surface area contributed by atoms with E-state index in [1.165, 1.54) is 23.7 Å². The number of aliphatic hydroxyl groups is 1. The first-order valence-corrected chi connectivity index (χ1v) is 9.80. The number of aliphatic hydroxyl groups excluding tert-OH is 1. The largest absolute Gasteiger partial charge is 0.465 e. The molecule has 1 aromatic heterocycles. The van der Waals surface area contributed by atoms with Gasteiger partial charge in [-0.25, -0.2) is 4.99 Å². The van der Waals surface area contributed by atoms with E-state index in [4.69, 9.17) is 4.74 Å². The highest BCUT2D eigenvalue weighted by Crippen LogP contribution is 2.47. The second-order valence-corrected chi connectivity index (χ2v) is 7.24. The summed E-state index contributed by atoms with van der Waals surface area (Å²) >= 11 is 1.24. The number of hydrogen-bond donors (Lipinski definition) is 1. The van der Waals surface area contributed by atoms with Gasteiger partial charge in [0.1, 0.15) is 10.9 Å². The van der Waals surface area contributed by atoms with Crippen LogP contribution >= 0.6 is 11.5 Å². The molecule has 2 unspecified atom stereocenters. The van der Waals surface area contributed by atoms with Crippen LogP contribution in [0.3, 0.4) is 0 Å². The van der Waals surface area contributed by atoms with Crippen molar-refractivity contribution in [2.75, 3.05) is 13.2 Å². The zero-order valence-corrected chi connectivity index (χ0v) is 16.4. The van der Waals surface area contributed by atoms with Gasteiger partial charge in [0.15, 0.2) is 0 Å². The fraction of sp³-hybridized carbons (Fsp3) is 0.421. The predicted molar refractivity (Wildman–Crippen MR) is 105 cm³/mol. The summed E-state index contributed by atoms with van der Waals surface area (Å²) in [5.41, 5.74) is 2.76. The van der Waals surface area contributed by atoms with E-state index < -0.39 is 22.7 Å². The van der Waals surface area contributed by atoms with Gasteiger partial charge in [0.2, 0.25) is 0 Å². The molecule has 1 aromatic carbocycles. The van der Waals surface area contributed by atoms with E-state index in [1.807, 2.05) is 0 Å². The Hall–Kier alpha value is -2.65. The molecule has 2 atom stereocenters. The summed E-state index contributed by atoms with van der Waals surface area (Å²) in [7, 11) is 0. The number of benzene rings is 1. The topological polar surface area (TPSA) is 115 Å². The normalized spacial score (nSPS) is 18.3. The third-order valence-electron chi connectivity index (χ3n) is 4.71. The number of aromatic nitrogens is 1. The van der Waals surface area contributed by atoms with E-state index in [0.717, 1.165) is 11.3 Å². The lowest BCUT2D eigenvalue weighted by atomic mass is 9.76. The predicted octanol–water partition coefficient (Wildman–Crippen LogP) is 3.39. The van der Waals surface area contributed by atoms with Crippen molar-refractivity contribution in [1.82, 2.24) is 4.37 Å². The Bertz CT molecular complexity index is 924.